The van der Waals surface area contributed by atoms with Gasteiger partial charge in [-0.1, -0.05) is 0 Å². The summed E-state index contributed by atoms with van der Waals surface area (Å²) < 4.78 is 15.0. The van der Waals surface area contributed by atoms with Crippen LogP contribution in [0.25, 0.3) is 0 Å². The Balaban J connectivity index is 2.15. The van der Waals surface area contributed by atoms with Gasteiger partial charge in [0.15, 0.2) is 11.6 Å². The lowest BCUT2D eigenvalue weighted by Crippen LogP contribution is -2.01. The van der Waals surface area contributed by atoms with Crippen LogP contribution in [0.5, 0.6) is 5.75 Å². The smallest absolute Gasteiger partial charge is 0.166 e. The fraction of sp³-hybridized carbons (Fsp3) is 0.214. The first kappa shape index (κ1) is 13.0. The van der Waals surface area contributed by atoms with Crippen LogP contribution in [0, 0.1) is 24.1 Å². The van der Waals surface area contributed by atoms with E-state index in [1.807, 2.05) is 18.5 Å². The lowest BCUT2D eigenvalue weighted by atomic mass is 10.2. The molecule has 2 aromatic rings. The first-order valence-corrected chi connectivity index (χ1v) is 5.80. The zero-order valence-corrected chi connectivity index (χ0v) is 10.7. The van der Waals surface area contributed by atoms with Crippen LogP contribution in [0.2, 0.25) is 0 Å². The minimum absolute atomic E-state index is 0.367. The molecule has 2 rings (SSSR count). The van der Waals surface area contributed by atoms with Gasteiger partial charge in [-0.15, -0.1) is 0 Å². The van der Waals surface area contributed by atoms with Crippen LogP contribution in [-0.2, 0) is 13.6 Å². The number of aromatic hydroxyl groups is 1. The number of anilines is 1. The normalized spacial score (nSPS) is 10.2. The molecule has 1 heterocycles. The minimum Gasteiger partial charge on any atom is -0.505 e. The first-order chi connectivity index (χ1) is 9.02. The molecule has 0 aliphatic carbocycles. The van der Waals surface area contributed by atoms with E-state index in [-0.39, 0.29) is 5.75 Å². The zero-order valence-electron chi connectivity index (χ0n) is 10.7. The van der Waals surface area contributed by atoms with Gasteiger partial charge in [-0.25, -0.2) is 4.39 Å². The first-order valence-electron chi connectivity index (χ1n) is 5.80. The van der Waals surface area contributed by atoms with E-state index in [9.17, 15) is 4.39 Å². The summed E-state index contributed by atoms with van der Waals surface area (Å²) in [7, 11) is 1.83. The molecule has 0 fully saturated rings. The number of halogens is 1. The molecule has 2 N–H and O–H groups in total. The van der Waals surface area contributed by atoms with Crippen LogP contribution in [0.4, 0.5) is 10.1 Å². The summed E-state index contributed by atoms with van der Waals surface area (Å²) in [6.45, 7) is 2.42. The summed E-state index contributed by atoms with van der Waals surface area (Å²) in [5, 5.41) is 21.1. The number of hydrogen-bond donors (Lipinski definition) is 2. The highest BCUT2D eigenvalue weighted by atomic mass is 19.1. The SMILES string of the molecule is Cc1c(CNc2ccc(O)c(F)c2)cc(C#N)n1C. The molecule has 0 aliphatic heterocycles. The Morgan fingerprint density at radius 3 is 2.74 bits per heavy atom. The molecule has 1 aromatic heterocycles. The molecule has 4 nitrogen and oxygen atoms in total. The molecule has 19 heavy (non-hydrogen) atoms. The Bertz CT molecular complexity index is 655. The maximum absolute atomic E-state index is 13.2. The van der Waals surface area contributed by atoms with E-state index in [2.05, 4.69) is 11.4 Å². The highest BCUT2D eigenvalue weighted by Crippen LogP contribution is 2.21. The molecule has 0 radical (unpaired) electrons. The largest absolute Gasteiger partial charge is 0.505 e. The highest BCUT2D eigenvalue weighted by molar-refractivity contribution is 5.48. The van der Waals surface area contributed by atoms with E-state index in [1.54, 1.807) is 12.1 Å². The van der Waals surface area contributed by atoms with Crippen molar-refractivity contribution in [3.05, 3.63) is 47.0 Å². The lowest BCUT2D eigenvalue weighted by Gasteiger charge is -2.07. The zero-order chi connectivity index (χ0) is 14.0. The number of aromatic nitrogens is 1. The third kappa shape index (κ3) is 2.52. The van der Waals surface area contributed by atoms with Crippen molar-refractivity contribution in [2.24, 2.45) is 7.05 Å². The predicted octanol–water partition coefficient (Wildman–Crippen LogP) is 2.66. The molecule has 0 aliphatic rings. The summed E-state index contributed by atoms with van der Waals surface area (Å²) in [6.07, 6.45) is 0. The van der Waals surface area contributed by atoms with Crippen molar-refractivity contribution in [1.82, 2.24) is 4.57 Å². The van der Waals surface area contributed by atoms with Crippen molar-refractivity contribution in [3.63, 3.8) is 0 Å². The summed E-state index contributed by atoms with van der Waals surface area (Å²) in [5.41, 5.74) is 3.14. The number of hydrogen-bond acceptors (Lipinski definition) is 3. The Hall–Kier alpha value is -2.48. The van der Waals surface area contributed by atoms with Crippen LogP contribution >= 0.6 is 0 Å². The van der Waals surface area contributed by atoms with Gasteiger partial charge in [0.05, 0.1) is 0 Å². The molecule has 1 aromatic carbocycles. The van der Waals surface area contributed by atoms with E-state index >= 15 is 0 Å². The number of nitrogens with zero attached hydrogens (tertiary/aromatic N) is 2. The molecule has 0 amide bonds. The average molecular weight is 259 g/mol. The van der Waals surface area contributed by atoms with Crippen molar-refractivity contribution in [2.75, 3.05) is 5.32 Å². The average Bonchev–Trinajstić information content (AvgIpc) is 2.67. The van der Waals surface area contributed by atoms with Gasteiger partial charge in [0.2, 0.25) is 0 Å². The second-order valence-electron chi connectivity index (χ2n) is 4.33. The third-order valence-electron chi connectivity index (χ3n) is 3.19. The molecule has 0 atom stereocenters. The van der Waals surface area contributed by atoms with E-state index < -0.39 is 5.82 Å². The Kier molecular flexibility index (Phi) is 3.43. The third-order valence-corrected chi connectivity index (χ3v) is 3.19. The van der Waals surface area contributed by atoms with Gasteiger partial charge in [0.25, 0.3) is 0 Å². The number of rotatable bonds is 3. The fourth-order valence-corrected chi connectivity index (χ4v) is 1.86. The molecular formula is C14H14FN3O. The summed E-state index contributed by atoms with van der Waals surface area (Å²) in [6, 6.07) is 8.05. The van der Waals surface area contributed by atoms with Gasteiger partial charge < -0.3 is 15.0 Å². The molecular weight excluding hydrogens is 245 g/mol. The maximum atomic E-state index is 13.2. The summed E-state index contributed by atoms with van der Waals surface area (Å²) in [5.74, 6) is -1.03. The number of phenols is 1. The highest BCUT2D eigenvalue weighted by Gasteiger charge is 2.08. The number of phenolic OH excluding ortho intramolecular Hbond substituents is 1. The van der Waals surface area contributed by atoms with E-state index in [4.69, 9.17) is 10.4 Å². The van der Waals surface area contributed by atoms with Gasteiger partial charge >= 0.3 is 0 Å². The molecule has 0 bridgehead atoms. The van der Waals surface area contributed by atoms with Crippen LogP contribution in [0.15, 0.2) is 24.3 Å². The molecule has 98 valence electrons. The Labute approximate surface area is 110 Å². The van der Waals surface area contributed by atoms with Crippen molar-refractivity contribution >= 4 is 5.69 Å². The van der Waals surface area contributed by atoms with Crippen LogP contribution in [0.1, 0.15) is 17.0 Å². The Morgan fingerprint density at radius 1 is 1.42 bits per heavy atom. The number of nitrogens with one attached hydrogen (secondary N) is 1. The van der Waals surface area contributed by atoms with E-state index in [0.29, 0.717) is 17.9 Å². The van der Waals surface area contributed by atoms with Crippen molar-refractivity contribution in [2.45, 2.75) is 13.5 Å². The fourth-order valence-electron chi connectivity index (χ4n) is 1.86. The van der Waals surface area contributed by atoms with Gasteiger partial charge in [-0.2, -0.15) is 5.26 Å². The van der Waals surface area contributed by atoms with Gasteiger partial charge in [-0.05, 0) is 30.7 Å². The van der Waals surface area contributed by atoms with Gasteiger partial charge in [-0.3, -0.25) is 0 Å². The number of nitriles is 1. The monoisotopic (exact) mass is 259 g/mol. The van der Waals surface area contributed by atoms with Crippen molar-refractivity contribution in [3.8, 4) is 11.8 Å². The van der Waals surface area contributed by atoms with Crippen molar-refractivity contribution < 1.29 is 9.50 Å². The summed E-state index contributed by atoms with van der Waals surface area (Å²) in [4.78, 5) is 0. The van der Waals surface area contributed by atoms with Gasteiger partial charge in [0.1, 0.15) is 11.8 Å². The Morgan fingerprint density at radius 2 is 2.16 bits per heavy atom. The standard InChI is InChI=1S/C14H14FN3O/c1-9-10(5-12(7-16)18(9)2)8-17-11-3-4-14(19)13(15)6-11/h3-6,17,19H,8H2,1-2H3. The molecule has 5 heteroatoms. The predicted molar refractivity (Wildman–Crippen MR) is 70.3 cm³/mol. The topological polar surface area (TPSA) is 61.0 Å². The lowest BCUT2D eigenvalue weighted by molar-refractivity contribution is 0.432. The van der Waals surface area contributed by atoms with Crippen molar-refractivity contribution in [1.29, 1.82) is 5.26 Å². The van der Waals surface area contributed by atoms with Crippen LogP contribution in [-0.4, -0.2) is 9.67 Å². The van der Waals surface area contributed by atoms with Crippen LogP contribution < -0.4 is 5.32 Å². The molecule has 0 saturated carbocycles. The quantitative estimate of drug-likeness (QED) is 0.833. The summed E-state index contributed by atoms with van der Waals surface area (Å²) >= 11 is 0. The van der Waals surface area contributed by atoms with E-state index in [1.165, 1.54) is 12.1 Å². The molecule has 0 saturated heterocycles. The van der Waals surface area contributed by atoms with Crippen LogP contribution in [0.3, 0.4) is 0 Å². The minimum atomic E-state index is -0.660. The second-order valence-corrected chi connectivity index (χ2v) is 4.33. The maximum Gasteiger partial charge on any atom is 0.166 e. The molecule has 0 unspecified atom stereocenters. The van der Waals surface area contributed by atoms with E-state index in [0.717, 1.165) is 11.3 Å². The van der Waals surface area contributed by atoms with Gasteiger partial charge in [0, 0.05) is 31.0 Å². The second kappa shape index (κ2) is 5.02. The number of benzene rings is 1. The molecule has 0 spiro atoms.